The van der Waals surface area contributed by atoms with Crippen LogP contribution < -0.4 is 10.6 Å². The molecule has 5 nitrogen and oxygen atoms in total. The van der Waals surface area contributed by atoms with Crippen LogP contribution in [0.25, 0.3) is 0 Å². The SMILES string of the molecule is O=C(Nc1ccccc1)OC1C=CC2NC3N=CCC3C2C1. The van der Waals surface area contributed by atoms with Crippen LogP contribution in [0.15, 0.2) is 47.5 Å². The van der Waals surface area contributed by atoms with Gasteiger partial charge >= 0.3 is 6.09 Å². The zero-order valence-electron chi connectivity index (χ0n) is 12.2. The van der Waals surface area contributed by atoms with Crippen molar-refractivity contribution in [1.82, 2.24) is 5.32 Å². The van der Waals surface area contributed by atoms with Gasteiger partial charge in [-0.25, -0.2) is 4.79 Å². The first-order valence-corrected chi connectivity index (χ1v) is 7.78. The lowest BCUT2D eigenvalue weighted by atomic mass is 9.81. The Hall–Kier alpha value is -2.14. The van der Waals surface area contributed by atoms with Crippen LogP contribution in [-0.4, -0.2) is 30.6 Å². The van der Waals surface area contributed by atoms with E-state index in [0.29, 0.717) is 17.9 Å². The number of ether oxygens (including phenoxy) is 1. The lowest BCUT2D eigenvalue weighted by molar-refractivity contribution is 0.109. The fourth-order valence-corrected chi connectivity index (χ4v) is 3.70. The van der Waals surface area contributed by atoms with Crippen molar-refractivity contribution in [2.45, 2.75) is 31.2 Å². The predicted molar refractivity (Wildman–Crippen MR) is 84.9 cm³/mol. The number of amides is 1. The van der Waals surface area contributed by atoms with Crippen LogP contribution in [0, 0.1) is 11.8 Å². The van der Waals surface area contributed by atoms with Crippen molar-refractivity contribution in [3.8, 4) is 0 Å². The summed E-state index contributed by atoms with van der Waals surface area (Å²) in [5, 5.41) is 6.29. The van der Waals surface area contributed by atoms with Crippen LogP contribution in [0.4, 0.5) is 10.5 Å². The molecule has 0 radical (unpaired) electrons. The Labute approximate surface area is 129 Å². The first-order chi connectivity index (χ1) is 10.8. The summed E-state index contributed by atoms with van der Waals surface area (Å²) in [6, 6.07) is 9.72. The predicted octanol–water partition coefficient (Wildman–Crippen LogP) is 2.57. The summed E-state index contributed by atoms with van der Waals surface area (Å²) < 4.78 is 5.55. The van der Waals surface area contributed by atoms with Gasteiger partial charge in [0.25, 0.3) is 0 Å². The van der Waals surface area contributed by atoms with E-state index in [1.165, 1.54) is 0 Å². The van der Waals surface area contributed by atoms with Gasteiger partial charge in [-0.05, 0) is 37.0 Å². The second kappa shape index (κ2) is 5.57. The normalized spacial score (nSPS) is 35.0. The number of para-hydroxylation sites is 1. The number of nitrogens with one attached hydrogen (secondary N) is 2. The van der Waals surface area contributed by atoms with Gasteiger partial charge in [-0.2, -0.15) is 0 Å². The second-order valence-corrected chi connectivity index (χ2v) is 6.09. The summed E-state index contributed by atoms with van der Waals surface area (Å²) in [4.78, 5) is 16.5. The standard InChI is InChI=1S/C17H19N3O2/c21-17(19-11-4-2-1-3-5-11)22-12-6-7-15-14(10-12)13-8-9-18-16(13)20-15/h1-7,9,12-16,20H,8,10H2,(H,19,21). The summed E-state index contributed by atoms with van der Waals surface area (Å²) in [5.74, 6) is 1.03. The lowest BCUT2D eigenvalue weighted by Crippen LogP contribution is -2.35. The molecule has 1 aromatic rings. The molecule has 2 heterocycles. The fraction of sp³-hybridized carbons (Fsp3) is 0.412. The molecule has 22 heavy (non-hydrogen) atoms. The van der Waals surface area contributed by atoms with Crippen molar-refractivity contribution >= 4 is 18.0 Å². The Morgan fingerprint density at radius 2 is 2.09 bits per heavy atom. The van der Waals surface area contributed by atoms with E-state index < -0.39 is 6.09 Å². The Kier molecular flexibility index (Phi) is 3.42. The van der Waals surface area contributed by atoms with Gasteiger partial charge in [0.05, 0.1) is 0 Å². The molecule has 3 aliphatic rings. The summed E-state index contributed by atoms with van der Waals surface area (Å²) in [5.41, 5.74) is 0.747. The second-order valence-electron chi connectivity index (χ2n) is 6.09. The van der Waals surface area contributed by atoms with Crippen LogP contribution in [0.5, 0.6) is 0 Å². The Balaban J connectivity index is 1.36. The molecule has 5 heteroatoms. The Bertz CT molecular complexity index is 614. The molecule has 1 saturated heterocycles. The molecule has 114 valence electrons. The van der Waals surface area contributed by atoms with Crippen LogP contribution in [-0.2, 0) is 4.74 Å². The first kappa shape index (κ1) is 13.5. The molecule has 2 aliphatic heterocycles. The quantitative estimate of drug-likeness (QED) is 0.825. The molecule has 5 atom stereocenters. The molecule has 2 N–H and O–H groups in total. The van der Waals surface area contributed by atoms with Gasteiger partial charge in [-0.1, -0.05) is 24.3 Å². The largest absolute Gasteiger partial charge is 0.442 e. The van der Waals surface area contributed by atoms with Crippen molar-refractivity contribution in [2.75, 3.05) is 5.32 Å². The van der Waals surface area contributed by atoms with Crippen molar-refractivity contribution in [2.24, 2.45) is 16.8 Å². The number of hydrogen-bond donors (Lipinski definition) is 2. The van der Waals surface area contributed by atoms with Gasteiger partial charge in [-0.3, -0.25) is 15.6 Å². The number of rotatable bonds is 2. The molecule has 0 spiro atoms. The van der Waals surface area contributed by atoms with Crippen LogP contribution in [0.2, 0.25) is 0 Å². The third-order valence-electron chi connectivity index (χ3n) is 4.74. The maximum Gasteiger partial charge on any atom is 0.412 e. The smallest absolute Gasteiger partial charge is 0.412 e. The summed E-state index contributed by atoms with van der Waals surface area (Å²) >= 11 is 0. The van der Waals surface area contributed by atoms with E-state index in [1.807, 2.05) is 42.6 Å². The molecule has 1 amide bonds. The highest BCUT2D eigenvalue weighted by Gasteiger charge is 2.45. The molecule has 0 aromatic heterocycles. The number of carbonyl (C=O) groups excluding carboxylic acids is 1. The first-order valence-electron chi connectivity index (χ1n) is 7.78. The van der Waals surface area contributed by atoms with E-state index in [4.69, 9.17) is 4.74 Å². The van der Waals surface area contributed by atoms with Gasteiger partial charge in [0.2, 0.25) is 0 Å². The molecular formula is C17H19N3O2. The third kappa shape index (κ3) is 2.52. The van der Waals surface area contributed by atoms with E-state index in [9.17, 15) is 4.79 Å². The van der Waals surface area contributed by atoms with Crippen molar-refractivity contribution in [3.63, 3.8) is 0 Å². The molecule has 1 aromatic carbocycles. The highest BCUT2D eigenvalue weighted by Crippen LogP contribution is 2.39. The van der Waals surface area contributed by atoms with E-state index >= 15 is 0 Å². The maximum atomic E-state index is 12.0. The highest BCUT2D eigenvalue weighted by molar-refractivity contribution is 5.84. The van der Waals surface area contributed by atoms with Gasteiger partial charge in [-0.15, -0.1) is 0 Å². The summed E-state index contributed by atoms with van der Waals surface area (Å²) in [7, 11) is 0. The minimum absolute atomic E-state index is 0.161. The number of benzene rings is 1. The molecule has 1 fully saturated rings. The fourth-order valence-electron chi connectivity index (χ4n) is 3.70. The van der Waals surface area contributed by atoms with Crippen LogP contribution in [0.1, 0.15) is 12.8 Å². The van der Waals surface area contributed by atoms with Gasteiger partial charge < -0.3 is 4.74 Å². The summed E-state index contributed by atoms with van der Waals surface area (Å²) in [6.07, 6.45) is 7.70. The summed E-state index contributed by atoms with van der Waals surface area (Å²) in [6.45, 7) is 0. The molecule has 4 rings (SSSR count). The van der Waals surface area contributed by atoms with Crippen molar-refractivity contribution in [3.05, 3.63) is 42.5 Å². The zero-order chi connectivity index (χ0) is 14.9. The molecule has 5 unspecified atom stereocenters. The minimum Gasteiger partial charge on any atom is -0.442 e. The molecule has 0 saturated carbocycles. The topological polar surface area (TPSA) is 62.7 Å². The van der Waals surface area contributed by atoms with Crippen molar-refractivity contribution < 1.29 is 9.53 Å². The van der Waals surface area contributed by atoms with Gasteiger partial charge in [0, 0.05) is 23.9 Å². The lowest BCUT2D eigenvalue weighted by Gasteiger charge is -2.28. The monoisotopic (exact) mass is 297 g/mol. The number of fused-ring (bicyclic) bond motifs is 3. The van der Waals surface area contributed by atoms with E-state index in [0.717, 1.165) is 18.5 Å². The molecule has 0 bridgehead atoms. The van der Waals surface area contributed by atoms with Gasteiger partial charge in [0.1, 0.15) is 12.3 Å². The van der Waals surface area contributed by atoms with Crippen molar-refractivity contribution in [1.29, 1.82) is 0 Å². The average Bonchev–Trinajstić information content (AvgIpc) is 3.09. The molecule has 1 aliphatic carbocycles. The van der Waals surface area contributed by atoms with Crippen LogP contribution in [0.3, 0.4) is 0 Å². The number of nitrogens with zero attached hydrogens (tertiary/aromatic N) is 1. The number of anilines is 1. The molecular weight excluding hydrogens is 278 g/mol. The van der Waals surface area contributed by atoms with Crippen LogP contribution >= 0.6 is 0 Å². The number of hydrogen-bond acceptors (Lipinski definition) is 4. The maximum absolute atomic E-state index is 12.0. The van der Waals surface area contributed by atoms with Gasteiger partial charge in [0.15, 0.2) is 0 Å². The van der Waals surface area contributed by atoms with E-state index in [1.54, 1.807) is 0 Å². The van der Waals surface area contributed by atoms with E-state index in [-0.39, 0.29) is 12.3 Å². The Morgan fingerprint density at radius 3 is 2.95 bits per heavy atom. The Morgan fingerprint density at radius 1 is 1.23 bits per heavy atom. The minimum atomic E-state index is -0.399. The number of aliphatic imine (C=N–C) groups is 1. The van der Waals surface area contributed by atoms with E-state index in [2.05, 4.69) is 21.7 Å². The highest BCUT2D eigenvalue weighted by atomic mass is 16.6. The third-order valence-corrected chi connectivity index (χ3v) is 4.74. The zero-order valence-corrected chi connectivity index (χ0v) is 12.2. The number of carbonyl (C=O) groups is 1. The average molecular weight is 297 g/mol.